The van der Waals surface area contributed by atoms with Crippen molar-refractivity contribution in [1.29, 1.82) is 0 Å². The second-order valence-electron chi connectivity index (χ2n) is 4.88. The molecule has 1 unspecified atom stereocenters. The summed E-state index contributed by atoms with van der Waals surface area (Å²) in [7, 11) is 1.46. The summed E-state index contributed by atoms with van der Waals surface area (Å²) in [6.45, 7) is 4.23. The highest BCUT2D eigenvalue weighted by atomic mass is 19.1. The Hall–Kier alpha value is -1.09. The van der Waals surface area contributed by atoms with Crippen molar-refractivity contribution in [1.82, 2.24) is 0 Å². The van der Waals surface area contributed by atoms with Gasteiger partial charge in [0.05, 0.1) is 7.11 Å². The predicted molar refractivity (Wildman–Crippen MR) is 57.2 cm³/mol. The van der Waals surface area contributed by atoms with Crippen molar-refractivity contribution in [3.05, 3.63) is 29.6 Å². The van der Waals surface area contributed by atoms with Gasteiger partial charge in [-0.1, -0.05) is 19.9 Å². The number of rotatable bonds is 2. The quantitative estimate of drug-likeness (QED) is 0.811. The van der Waals surface area contributed by atoms with E-state index in [1.165, 1.54) is 13.2 Å². The molecule has 1 aromatic rings. The molecular weight excluding hydrogens is 193 g/mol. The van der Waals surface area contributed by atoms with Crippen LogP contribution in [-0.4, -0.2) is 7.11 Å². The first-order valence-corrected chi connectivity index (χ1v) is 5.04. The van der Waals surface area contributed by atoms with Crippen molar-refractivity contribution >= 4 is 0 Å². The van der Waals surface area contributed by atoms with Crippen LogP contribution in [0.25, 0.3) is 0 Å². The van der Waals surface area contributed by atoms with Gasteiger partial charge < -0.3 is 10.5 Å². The number of benzene rings is 1. The fraction of sp³-hybridized carbons (Fsp3) is 0.500. The van der Waals surface area contributed by atoms with E-state index in [2.05, 4.69) is 13.8 Å². The van der Waals surface area contributed by atoms with Gasteiger partial charge in [0.2, 0.25) is 0 Å². The molecule has 0 aliphatic heterocycles. The summed E-state index contributed by atoms with van der Waals surface area (Å²) >= 11 is 0. The molecule has 0 amide bonds. The van der Waals surface area contributed by atoms with Crippen LogP contribution in [0.2, 0.25) is 0 Å². The zero-order chi connectivity index (χ0) is 11.3. The molecule has 0 radical (unpaired) electrons. The molecule has 15 heavy (non-hydrogen) atoms. The van der Waals surface area contributed by atoms with Gasteiger partial charge in [-0.3, -0.25) is 0 Å². The van der Waals surface area contributed by atoms with E-state index in [9.17, 15) is 4.39 Å². The fourth-order valence-electron chi connectivity index (χ4n) is 2.08. The Morgan fingerprint density at radius 1 is 1.40 bits per heavy atom. The van der Waals surface area contributed by atoms with Gasteiger partial charge in [-0.15, -0.1) is 0 Å². The molecule has 0 heterocycles. The Morgan fingerprint density at radius 3 is 2.47 bits per heavy atom. The highest BCUT2D eigenvalue weighted by molar-refractivity contribution is 5.40. The van der Waals surface area contributed by atoms with Gasteiger partial charge in [-0.2, -0.15) is 0 Å². The van der Waals surface area contributed by atoms with E-state index in [-0.39, 0.29) is 22.5 Å². The lowest BCUT2D eigenvalue weighted by Gasteiger charge is -2.16. The number of halogens is 1. The van der Waals surface area contributed by atoms with Crippen molar-refractivity contribution in [2.75, 3.05) is 7.11 Å². The van der Waals surface area contributed by atoms with Crippen LogP contribution in [0.3, 0.4) is 0 Å². The third-order valence-electron chi connectivity index (χ3n) is 3.47. The average molecular weight is 209 g/mol. The molecule has 3 heteroatoms. The van der Waals surface area contributed by atoms with E-state index in [1.54, 1.807) is 12.1 Å². The minimum Gasteiger partial charge on any atom is -0.494 e. The highest BCUT2D eigenvalue weighted by Gasteiger charge is 2.59. The molecule has 1 saturated carbocycles. The van der Waals surface area contributed by atoms with E-state index in [4.69, 9.17) is 10.5 Å². The summed E-state index contributed by atoms with van der Waals surface area (Å²) in [6, 6.07) is 4.86. The minimum atomic E-state index is -0.344. The van der Waals surface area contributed by atoms with Gasteiger partial charge in [0.1, 0.15) is 0 Å². The van der Waals surface area contributed by atoms with Crippen molar-refractivity contribution in [3.8, 4) is 5.75 Å². The van der Waals surface area contributed by atoms with Crippen molar-refractivity contribution in [2.45, 2.75) is 25.8 Å². The van der Waals surface area contributed by atoms with E-state index in [1.807, 2.05) is 0 Å². The zero-order valence-electron chi connectivity index (χ0n) is 9.30. The normalized spacial score (nSPS) is 27.5. The van der Waals surface area contributed by atoms with E-state index in [0.29, 0.717) is 0 Å². The number of nitrogens with two attached hydrogens (primary N) is 1. The van der Waals surface area contributed by atoms with Gasteiger partial charge in [-0.25, -0.2) is 4.39 Å². The van der Waals surface area contributed by atoms with Gasteiger partial charge in [0.25, 0.3) is 0 Å². The van der Waals surface area contributed by atoms with E-state index in [0.717, 1.165) is 12.0 Å². The summed E-state index contributed by atoms with van der Waals surface area (Å²) in [5, 5.41) is 0. The fourth-order valence-corrected chi connectivity index (χ4v) is 2.08. The first-order valence-electron chi connectivity index (χ1n) is 5.04. The Bertz CT molecular complexity index is 403. The second-order valence-corrected chi connectivity index (χ2v) is 4.88. The molecule has 0 spiro atoms. The molecule has 2 nitrogen and oxygen atoms in total. The smallest absolute Gasteiger partial charge is 0.165 e. The number of ether oxygens (including phenoxy) is 1. The maximum atomic E-state index is 13.2. The Morgan fingerprint density at radius 2 is 2.00 bits per heavy atom. The molecule has 0 bridgehead atoms. The Labute approximate surface area is 89.2 Å². The monoisotopic (exact) mass is 209 g/mol. The molecular formula is C12H16FNO. The van der Waals surface area contributed by atoms with Gasteiger partial charge in [-0.05, 0) is 29.5 Å². The summed E-state index contributed by atoms with van der Waals surface area (Å²) in [6.07, 6.45) is 0.925. The average Bonchev–Trinajstić information content (AvgIpc) is 2.68. The lowest BCUT2D eigenvalue weighted by Crippen LogP contribution is -2.25. The van der Waals surface area contributed by atoms with Gasteiger partial charge in [0.15, 0.2) is 11.6 Å². The molecule has 2 rings (SSSR count). The van der Waals surface area contributed by atoms with Crippen LogP contribution in [0.4, 0.5) is 4.39 Å². The Kier molecular flexibility index (Phi) is 2.05. The molecule has 1 fully saturated rings. The number of hydrogen-bond acceptors (Lipinski definition) is 2. The molecule has 1 aliphatic carbocycles. The van der Waals surface area contributed by atoms with Crippen LogP contribution in [0.1, 0.15) is 25.8 Å². The lowest BCUT2D eigenvalue weighted by atomic mass is 9.97. The number of methoxy groups -OCH3 is 1. The standard InChI is InChI=1S/C12H16FNO/c1-11(2)7-12(11,14)8-4-5-9(13)10(6-8)15-3/h4-6H,7,14H2,1-3H3. The first kappa shape index (κ1) is 10.4. The van der Waals surface area contributed by atoms with Crippen LogP contribution in [-0.2, 0) is 5.54 Å². The first-order chi connectivity index (χ1) is 6.90. The van der Waals surface area contributed by atoms with E-state index < -0.39 is 0 Å². The summed E-state index contributed by atoms with van der Waals surface area (Å²) in [5.74, 6) is -0.0802. The topological polar surface area (TPSA) is 35.2 Å². The SMILES string of the molecule is COc1cc(C2(N)CC2(C)C)ccc1F. The molecule has 2 N–H and O–H groups in total. The Balaban J connectivity index is 2.40. The third kappa shape index (κ3) is 1.42. The minimum absolute atomic E-state index is 0.0931. The molecule has 0 saturated heterocycles. The summed E-state index contributed by atoms with van der Waals surface area (Å²) in [5.41, 5.74) is 6.96. The van der Waals surface area contributed by atoms with Crippen molar-refractivity contribution in [2.24, 2.45) is 11.1 Å². The van der Waals surface area contributed by atoms with Crippen LogP contribution in [0.15, 0.2) is 18.2 Å². The van der Waals surface area contributed by atoms with Crippen LogP contribution < -0.4 is 10.5 Å². The third-order valence-corrected chi connectivity index (χ3v) is 3.47. The highest BCUT2D eigenvalue weighted by Crippen LogP contribution is 2.60. The maximum absolute atomic E-state index is 13.2. The summed E-state index contributed by atoms with van der Waals surface area (Å²) in [4.78, 5) is 0. The second kappa shape index (κ2) is 2.95. The van der Waals surface area contributed by atoms with Crippen LogP contribution >= 0.6 is 0 Å². The maximum Gasteiger partial charge on any atom is 0.165 e. The largest absolute Gasteiger partial charge is 0.494 e. The molecule has 1 aliphatic rings. The summed E-state index contributed by atoms with van der Waals surface area (Å²) < 4.78 is 18.2. The van der Waals surface area contributed by atoms with Crippen molar-refractivity contribution < 1.29 is 9.13 Å². The molecule has 82 valence electrons. The predicted octanol–water partition coefficient (Wildman–Crippen LogP) is 2.42. The van der Waals surface area contributed by atoms with Crippen LogP contribution in [0, 0.1) is 11.2 Å². The molecule has 0 aromatic heterocycles. The van der Waals surface area contributed by atoms with Gasteiger partial charge in [0, 0.05) is 5.54 Å². The lowest BCUT2D eigenvalue weighted by molar-refractivity contribution is 0.384. The molecule has 1 aromatic carbocycles. The number of hydrogen-bond donors (Lipinski definition) is 1. The van der Waals surface area contributed by atoms with Gasteiger partial charge >= 0.3 is 0 Å². The van der Waals surface area contributed by atoms with Crippen molar-refractivity contribution in [3.63, 3.8) is 0 Å². The molecule has 1 atom stereocenters. The zero-order valence-corrected chi connectivity index (χ0v) is 9.30. The van der Waals surface area contributed by atoms with E-state index >= 15 is 0 Å². The van der Waals surface area contributed by atoms with Crippen LogP contribution in [0.5, 0.6) is 5.75 Å².